The molecule has 1 aromatic heterocycles. The Labute approximate surface area is 157 Å². The van der Waals surface area contributed by atoms with Gasteiger partial charge in [-0.15, -0.1) is 11.3 Å². The molecular weight excluding hydrogens is 378 g/mol. The number of methoxy groups -OCH3 is 1. The molecule has 0 aromatic carbocycles. The molecule has 26 heavy (non-hydrogen) atoms. The lowest BCUT2D eigenvalue weighted by atomic mass is 10.1. The normalized spacial score (nSPS) is 25.8. The lowest BCUT2D eigenvalue weighted by Crippen LogP contribution is -2.45. The van der Waals surface area contributed by atoms with E-state index in [-0.39, 0.29) is 37.4 Å². The van der Waals surface area contributed by atoms with Crippen molar-refractivity contribution in [3.63, 3.8) is 0 Å². The molecule has 1 aromatic rings. The average molecular weight is 402 g/mol. The minimum absolute atomic E-state index is 0.0213. The average Bonchev–Trinajstić information content (AvgIpc) is 3.17. The summed E-state index contributed by atoms with van der Waals surface area (Å²) in [7, 11) is -2.16. The first-order chi connectivity index (χ1) is 12.3. The van der Waals surface area contributed by atoms with E-state index in [1.807, 2.05) is 23.3 Å². The number of amides is 2. The summed E-state index contributed by atoms with van der Waals surface area (Å²) in [5, 5.41) is 4.85. The number of carbonyl (C=O) groups is 2. The molecule has 0 spiro atoms. The van der Waals surface area contributed by atoms with Gasteiger partial charge in [0.25, 0.3) is 11.8 Å². The standard InChI is InChI=1S/C16H23N3O5S2/c1-11-3-7-25-14(11)15(20)17-12-9-13-16(21)19(4-6-24-2)26(22,23)8-5-18(13)10-12/h3,7,12-13H,4-6,8-10H2,1-2H3,(H,17,20)/t12-,13-/m0/s1. The van der Waals surface area contributed by atoms with Gasteiger partial charge >= 0.3 is 0 Å². The molecule has 3 rings (SSSR count). The summed E-state index contributed by atoms with van der Waals surface area (Å²) >= 11 is 1.39. The van der Waals surface area contributed by atoms with Gasteiger partial charge in [-0.25, -0.2) is 12.7 Å². The molecule has 0 radical (unpaired) electrons. The molecule has 3 heterocycles. The number of aryl methyl sites for hydroxylation is 1. The summed E-state index contributed by atoms with van der Waals surface area (Å²) in [5.74, 6) is -0.677. The minimum Gasteiger partial charge on any atom is -0.383 e. The van der Waals surface area contributed by atoms with Gasteiger partial charge in [-0.1, -0.05) is 0 Å². The van der Waals surface area contributed by atoms with Gasteiger partial charge in [0.15, 0.2) is 0 Å². The van der Waals surface area contributed by atoms with Gasteiger partial charge in [0.2, 0.25) is 10.0 Å². The highest BCUT2D eigenvalue weighted by atomic mass is 32.2. The van der Waals surface area contributed by atoms with Crippen LogP contribution >= 0.6 is 11.3 Å². The van der Waals surface area contributed by atoms with Crippen LogP contribution in [0, 0.1) is 6.92 Å². The number of ether oxygens (including phenoxy) is 1. The number of nitrogens with one attached hydrogen (secondary N) is 1. The first-order valence-corrected chi connectivity index (χ1v) is 10.9. The molecule has 0 unspecified atom stereocenters. The van der Waals surface area contributed by atoms with Crippen molar-refractivity contribution < 1.29 is 22.7 Å². The minimum atomic E-state index is -3.63. The fraction of sp³-hybridized carbons (Fsp3) is 0.625. The Balaban J connectivity index is 1.71. The number of hydrogen-bond acceptors (Lipinski definition) is 7. The molecule has 144 valence electrons. The predicted octanol–water partition coefficient (Wildman–Crippen LogP) is 0.0476. The fourth-order valence-electron chi connectivity index (χ4n) is 3.44. The van der Waals surface area contributed by atoms with E-state index in [1.54, 1.807) is 0 Å². The molecule has 2 saturated heterocycles. The summed E-state index contributed by atoms with van der Waals surface area (Å²) < 4.78 is 30.6. The van der Waals surface area contributed by atoms with Crippen molar-refractivity contribution in [2.45, 2.75) is 25.4 Å². The highest BCUT2D eigenvalue weighted by molar-refractivity contribution is 7.89. The summed E-state index contributed by atoms with van der Waals surface area (Å²) in [6.45, 7) is 2.82. The van der Waals surface area contributed by atoms with Crippen LogP contribution in [0.4, 0.5) is 0 Å². The van der Waals surface area contributed by atoms with E-state index in [2.05, 4.69) is 5.32 Å². The van der Waals surface area contributed by atoms with Crippen molar-refractivity contribution in [3.8, 4) is 0 Å². The predicted molar refractivity (Wildman–Crippen MR) is 97.7 cm³/mol. The fourth-order valence-corrected chi connectivity index (χ4v) is 5.70. The Bertz CT molecular complexity index is 792. The maximum Gasteiger partial charge on any atom is 0.261 e. The molecule has 8 nitrogen and oxygen atoms in total. The third kappa shape index (κ3) is 3.78. The maximum atomic E-state index is 12.8. The lowest BCUT2D eigenvalue weighted by Gasteiger charge is -2.23. The lowest BCUT2D eigenvalue weighted by molar-refractivity contribution is -0.131. The van der Waals surface area contributed by atoms with Crippen LogP contribution in [0.25, 0.3) is 0 Å². The molecule has 0 bridgehead atoms. The summed E-state index contributed by atoms with van der Waals surface area (Å²) in [6.07, 6.45) is 0.411. The SMILES string of the molecule is COCCN1C(=O)[C@@H]2C[C@H](NC(=O)c3sccc3C)CN2CCS1(=O)=O. The Morgan fingerprint density at radius 2 is 2.23 bits per heavy atom. The molecule has 2 aliphatic heterocycles. The second-order valence-electron chi connectivity index (χ2n) is 6.57. The van der Waals surface area contributed by atoms with Crippen LogP contribution in [0.2, 0.25) is 0 Å². The second-order valence-corrected chi connectivity index (χ2v) is 9.50. The molecule has 10 heteroatoms. The van der Waals surface area contributed by atoms with Gasteiger partial charge in [-0.05, 0) is 30.4 Å². The van der Waals surface area contributed by atoms with Gasteiger partial charge in [0, 0.05) is 26.2 Å². The largest absolute Gasteiger partial charge is 0.383 e. The van der Waals surface area contributed by atoms with Crippen LogP contribution in [0.5, 0.6) is 0 Å². The number of thiophene rings is 1. The Hall–Kier alpha value is -1.49. The Morgan fingerprint density at radius 1 is 1.46 bits per heavy atom. The zero-order chi connectivity index (χ0) is 18.9. The van der Waals surface area contributed by atoms with E-state index in [0.717, 1.165) is 9.87 Å². The van der Waals surface area contributed by atoms with Crippen molar-refractivity contribution >= 4 is 33.2 Å². The zero-order valence-electron chi connectivity index (χ0n) is 14.8. The first kappa shape index (κ1) is 19.3. The quantitative estimate of drug-likeness (QED) is 0.749. The van der Waals surface area contributed by atoms with Gasteiger partial charge in [0.05, 0.1) is 29.8 Å². The Morgan fingerprint density at radius 3 is 2.88 bits per heavy atom. The van der Waals surface area contributed by atoms with E-state index in [0.29, 0.717) is 17.8 Å². The molecular formula is C16H23N3O5S2. The van der Waals surface area contributed by atoms with Gasteiger partial charge in [0.1, 0.15) is 0 Å². The highest BCUT2D eigenvalue weighted by Crippen LogP contribution is 2.25. The summed E-state index contributed by atoms with van der Waals surface area (Å²) in [4.78, 5) is 27.8. The van der Waals surface area contributed by atoms with Crippen LogP contribution in [-0.2, 0) is 19.6 Å². The van der Waals surface area contributed by atoms with Crippen molar-refractivity contribution in [1.29, 1.82) is 0 Å². The third-order valence-electron chi connectivity index (χ3n) is 4.81. The number of carbonyl (C=O) groups excluding carboxylic acids is 2. The molecule has 0 aliphatic carbocycles. The maximum absolute atomic E-state index is 12.8. The molecule has 2 aliphatic rings. The molecule has 0 saturated carbocycles. The molecule has 2 amide bonds. The van der Waals surface area contributed by atoms with Crippen LogP contribution in [0.1, 0.15) is 21.7 Å². The summed E-state index contributed by atoms with van der Waals surface area (Å²) in [5.41, 5.74) is 0.924. The van der Waals surface area contributed by atoms with Crippen molar-refractivity contribution in [2.24, 2.45) is 0 Å². The van der Waals surface area contributed by atoms with Crippen LogP contribution in [0.15, 0.2) is 11.4 Å². The van der Waals surface area contributed by atoms with Gasteiger partial charge < -0.3 is 10.1 Å². The number of sulfonamides is 1. The van der Waals surface area contributed by atoms with Crippen molar-refractivity contribution in [2.75, 3.05) is 39.1 Å². The van der Waals surface area contributed by atoms with E-state index >= 15 is 0 Å². The van der Waals surface area contributed by atoms with E-state index in [1.165, 1.54) is 18.4 Å². The van der Waals surface area contributed by atoms with Crippen LogP contribution < -0.4 is 5.32 Å². The number of fused-ring (bicyclic) bond motifs is 1. The monoisotopic (exact) mass is 401 g/mol. The topological polar surface area (TPSA) is 96.0 Å². The highest BCUT2D eigenvalue weighted by Gasteiger charge is 2.45. The smallest absolute Gasteiger partial charge is 0.261 e. The van der Waals surface area contributed by atoms with Crippen LogP contribution in [-0.4, -0.2) is 80.6 Å². The van der Waals surface area contributed by atoms with Crippen molar-refractivity contribution in [1.82, 2.24) is 14.5 Å². The molecule has 2 atom stereocenters. The van der Waals surface area contributed by atoms with E-state index < -0.39 is 22.0 Å². The Kier molecular flexibility index (Phi) is 5.66. The third-order valence-corrected chi connectivity index (χ3v) is 7.56. The van der Waals surface area contributed by atoms with E-state index in [4.69, 9.17) is 4.74 Å². The van der Waals surface area contributed by atoms with Crippen molar-refractivity contribution in [3.05, 3.63) is 21.9 Å². The first-order valence-electron chi connectivity index (χ1n) is 8.45. The number of hydrogen-bond donors (Lipinski definition) is 1. The van der Waals surface area contributed by atoms with Gasteiger partial charge in [-0.2, -0.15) is 0 Å². The summed E-state index contributed by atoms with van der Waals surface area (Å²) in [6, 6.07) is 1.19. The van der Waals surface area contributed by atoms with E-state index in [9.17, 15) is 18.0 Å². The number of nitrogens with zero attached hydrogens (tertiary/aromatic N) is 2. The second kappa shape index (κ2) is 7.63. The van der Waals surface area contributed by atoms with Gasteiger partial charge in [-0.3, -0.25) is 14.5 Å². The molecule has 2 fully saturated rings. The zero-order valence-corrected chi connectivity index (χ0v) is 16.4. The molecule has 1 N–H and O–H groups in total. The van der Waals surface area contributed by atoms with Crippen LogP contribution in [0.3, 0.4) is 0 Å². The number of rotatable bonds is 5.